The van der Waals surface area contributed by atoms with Crippen molar-refractivity contribution >= 4 is 69.2 Å². The summed E-state index contributed by atoms with van der Waals surface area (Å²) >= 11 is 5.63. The zero-order chi connectivity index (χ0) is 42.7. The monoisotopic (exact) mass is 841 g/mol. The lowest BCUT2D eigenvalue weighted by Gasteiger charge is -2.27. The van der Waals surface area contributed by atoms with Crippen molar-refractivity contribution in [2.45, 2.75) is 79.2 Å². The number of carbonyl (C=O) groups is 4. The number of nitrogens with one attached hydrogen (secondary N) is 3. The van der Waals surface area contributed by atoms with Crippen LogP contribution in [0.2, 0.25) is 0 Å². The molecule has 0 saturated carbocycles. The number of amides is 4. The molecule has 1 atom stereocenters. The molecule has 7 N–H and O–H groups in total. The van der Waals surface area contributed by atoms with Gasteiger partial charge in [-0.3, -0.25) is 39.2 Å². The van der Waals surface area contributed by atoms with E-state index >= 15 is 0 Å². The SMILES string of the molecule is CCn1nc(C)cc1C(=O)Nc1nc2cc(CN)cc(OCCCNC(=O)CCl)c2n1CCC[C@H]1COc2cc(C(N)=O)cc3nc(NC(=O)c4cc(C)nn4CC)n1c23. The van der Waals surface area contributed by atoms with Crippen LogP contribution >= 0.6 is 11.6 Å². The van der Waals surface area contributed by atoms with Crippen LogP contribution in [0.15, 0.2) is 36.4 Å². The Bertz CT molecular complexity index is 2610. The Balaban J connectivity index is 1.22. The topological polar surface area (TPSA) is 246 Å². The minimum Gasteiger partial charge on any atom is -0.491 e. The summed E-state index contributed by atoms with van der Waals surface area (Å²) in [5.74, 6) is -0.275. The molecule has 0 bridgehead atoms. The third-order valence-corrected chi connectivity index (χ3v) is 10.4. The number of hydrogen-bond donors (Lipinski definition) is 5. The van der Waals surface area contributed by atoms with E-state index in [0.717, 1.165) is 5.56 Å². The van der Waals surface area contributed by atoms with E-state index in [1.54, 1.807) is 33.6 Å². The van der Waals surface area contributed by atoms with Crippen molar-refractivity contribution in [3.63, 3.8) is 0 Å². The first kappa shape index (κ1) is 41.7. The number of alkyl halides is 1. The van der Waals surface area contributed by atoms with E-state index in [2.05, 4.69) is 26.1 Å². The summed E-state index contributed by atoms with van der Waals surface area (Å²) in [6, 6.07) is 10.0. The summed E-state index contributed by atoms with van der Waals surface area (Å²) in [6.45, 7) is 9.91. The molecule has 1 aliphatic rings. The van der Waals surface area contributed by atoms with E-state index in [-0.39, 0.29) is 60.9 Å². The van der Waals surface area contributed by atoms with Gasteiger partial charge in [0, 0.05) is 38.3 Å². The van der Waals surface area contributed by atoms with Crippen LogP contribution in [0.25, 0.3) is 22.1 Å². The molecule has 19 nitrogen and oxygen atoms in total. The maximum Gasteiger partial charge on any atom is 0.276 e. The lowest BCUT2D eigenvalue weighted by molar-refractivity contribution is -0.118. The van der Waals surface area contributed by atoms with Crippen LogP contribution in [0.3, 0.4) is 0 Å². The standard InChI is InChI=1S/C40H48ClN13O6/c1-5-52-29(13-22(3)49-52)37(57)47-39-45-27-15-24(20-42)16-31(59-12-8-10-44-33(55)19-41)34(27)51(39)11-7-9-26-21-60-32-18-25(36(43)56)17-28-35(32)54(26)40(46-28)48-38(58)30-14-23(4)50-53(30)6-2/h13-18,26H,5-12,19-21,42H2,1-4H3,(H2,43,56)(H,44,55)(H,45,47,57)(H,46,48,58)/t26-/m0/s1. The van der Waals surface area contributed by atoms with Crippen LogP contribution in [-0.2, 0) is 31.0 Å². The molecule has 0 aliphatic carbocycles. The van der Waals surface area contributed by atoms with Gasteiger partial charge in [0.2, 0.25) is 23.7 Å². The summed E-state index contributed by atoms with van der Waals surface area (Å²) < 4.78 is 19.7. The highest BCUT2D eigenvalue weighted by Gasteiger charge is 2.30. The Kier molecular flexibility index (Phi) is 12.4. The second-order valence-electron chi connectivity index (χ2n) is 14.4. The summed E-state index contributed by atoms with van der Waals surface area (Å²) in [5.41, 5.74) is 17.2. The number of aromatic nitrogens is 8. The van der Waals surface area contributed by atoms with Crippen LogP contribution < -0.4 is 36.9 Å². The van der Waals surface area contributed by atoms with Gasteiger partial charge in [0.05, 0.1) is 35.1 Å². The molecule has 20 heteroatoms. The molecule has 2 aromatic carbocycles. The highest BCUT2D eigenvalue weighted by Crippen LogP contribution is 2.39. The summed E-state index contributed by atoms with van der Waals surface area (Å²) in [4.78, 5) is 61.1. The number of nitrogens with two attached hydrogens (primary N) is 2. The fraction of sp³-hybridized carbons (Fsp3) is 0.400. The Morgan fingerprint density at radius 2 is 1.53 bits per heavy atom. The fourth-order valence-electron chi connectivity index (χ4n) is 7.47. The molecule has 0 fully saturated rings. The molecule has 1 aliphatic heterocycles. The third kappa shape index (κ3) is 8.48. The molecule has 4 aromatic heterocycles. The smallest absolute Gasteiger partial charge is 0.276 e. The maximum atomic E-state index is 13.8. The average molecular weight is 842 g/mol. The summed E-state index contributed by atoms with van der Waals surface area (Å²) in [6.07, 6.45) is 1.59. The maximum absolute atomic E-state index is 13.8. The summed E-state index contributed by atoms with van der Waals surface area (Å²) in [5, 5.41) is 17.6. The largest absolute Gasteiger partial charge is 0.491 e. The van der Waals surface area contributed by atoms with Gasteiger partial charge < -0.3 is 35.4 Å². The quantitative estimate of drug-likeness (QED) is 0.0611. The van der Waals surface area contributed by atoms with Gasteiger partial charge in [0.1, 0.15) is 46.4 Å². The molecule has 5 heterocycles. The first-order chi connectivity index (χ1) is 28.9. The number of hydrogen-bond acceptors (Lipinski definition) is 11. The van der Waals surface area contributed by atoms with Gasteiger partial charge in [-0.15, -0.1) is 11.6 Å². The zero-order valence-corrected chi connectivity index (χ0v) is 34.6. The Labute approximate surface area is 349 Å². The van der Waals surface area contributed by atoms with E-state index in [1.807, 2.05) is 49.0 Å². The molecule has 0 radical (unpaired) electrons. The number of nitrogens with zero attached hydrogens (tertiary/aromatic N) is 8. The van der Waals surface area contributed by atoms with Gasteiger partial charge in [-0.05, 0) is 88.9 Å². The summed E-state index contributed by atoms with van der Waals surface area (Å²) in [7, 11) is 0. The second kappa shape index (κ2) is 17.8. The van der Waals surface area contributed by atoms with Crippen LogP contribution in [0.4, 0.5) is 11.9 Å². The molecular formula is C40H48ClN13O6. The number of benzene rings is 2. The average Bonchev–Trinajstić information content (AvgIpc) is 4.01. The van der Waals surface area contributed by atoms with E-state index in [0.29, 0.717) is 108 Å². The Morgan fingerprint density at radius 3 is 2.17 bits per heavy atom. The van der Waals surface area contributed by atoms with E-state index in [9.17, 15) is 19.2 Å². The van der Waals surface area contributed by atoms with E-state index in [1.165, 1.54) is 0 Å². The predicted molar refractivity (Wildman–Crippen MR) is 225 cm³/mol. The number of carbonyl (C=O) groups excluding carboxylic acids is 4. The number of ether oxygens (including phenoxy) is 2. The van der Waals surface area contributed by atoms with Gasteiger partial charge >= 0.3 is 0 Å². The lowest BCUT2D eigenvalue weighted by Crippen LogP contribution is -2.26. The third-order valence-electron chi connectivity index (χ3n) is 10.2. The molecule has 4 amide bonds. The second-order valence-corrected chi connectivity index (χ2v) is 14.7. The van der Waals surface area contributed by atoms with E-state index in [4.69, 9.17) is 42.5 Å². The minimum absolute atomic E-state index is 0.130. The van der Waals surface area contributed by atoms with Crippen molar-refractivity contribution in [2.24, 2.45) is 11.5 Å². The first-order valence-corrected chi connectivity index (χ1v) is 20.3. The number of halogens is 1. The lowest BCUT2D eigenvalue weighted by atomic mass is 10.1. The molecular weight excluding hydrogens is 794 g/mol. The number of primary amides is 1. The van der Waals surface area contributed by atoms with Crippen molar-refractivity contribution in [1.82, 2.24) is 44.0 Å². The number of rotatable bonds is 18. The normalized spacial score (nSPS) is 13.4. The van der Waals surface area contributed by atoms with Crippen LogP contribution in [-0.4, -0.2) is 87.9 Å². The molecule has 0 unspecified atom stereocenters. The van der Waals surface area contributed by atoms with Crippen LogP contribution in [0.5, 0.6) is 11.5 Å². The van der Waals surface area contributed by atoms with Gasteiger partial charge in [0.25, 0.3) is 11.8 Å². The van der Waals surface area contributed by atoms with Gasteiger partial charge in [-0.25, -0.2) is 9.97 Å². The van der Waals surface area contributed by atoms with Crippen molar-refractivity contribution in [3.05, 3.63) is 70.3 Å². The number of aryl methyl sites for hydroxylation is 5. The van der Waals surface area contributed by atoms with E-state index < -0.39 is 5.91 Å². The molecule has 316 valence electrons. The molecule has 60 heavy (non-hydrogen) atoms. The van der Waals surface area contributed by atoms with Crippen LogP contribution in [0, 0.1) is 13.8 Å². The van der Waals surface area contributed by atoms with Crippen LogP contribution in [0.1, 0.15) is 87.4 Å². The zero-order valence-electron chi connectivity index (χ0n) is 33.9. The molecule has 0 saturated heterocycles. The fourth-order valence-corrected chi connectivity index (χ4v) is 7.57. The van der Waals surface area contributed by atoms with Crippen molar-refractivity contribution in [2.75, 3.05) is 36.3 Å². The Morgan fingerprint density at radius 1 is 0.883 bits per heavy atom. The highest BCUT2D eigenvalue weighted by atomic mass is 35.5. The van der Waals surface area contributed by atoms with Crippen molar-refractivity contribution in [1.29, 1.82) is 0 Å². The van der Waals surface area contributed by atoms with Gasteiger partial charge in [-0.2, -0.15) is 10.2 Å². The number of imidazole rings is 2. The number of anilines is 2. The highest BCUT2D eigenvalue weighted by molar-refractivity contribution is 6.27. The van der Waals surface area contributed by atoms with Gasteiger partial charge in [0.15, 0.2) is 0 Å². The van der Waals surface area contributed by atoms with Crippen molar-refractivity contribution in [3.8, 4) is 11.5 Å². The molecule has 7 rings (SSSR count). The Hall–Kier alpha value is -6.47. The van der Waals surface area contributed by atoms with Crippen molar-refractivity contribution < 1.29 is 28.7 Å². The predicted octanol–water partition coefficient (Wildman–Crippen LogP) is 4.04. The minimum atomic E-state index is -0.633. The first-order valence-electron chi connectivity index (χ1n) is 19.8. The van der Waals surface area contributed by atoms with Gasteiger partial charge in [-0.1, -0.05) is 0 Å². The number of fused-ring (bicyclic) bond motifs is 1. The molecule has 6 aromatic rings. The molecule has 0 spiro atoms.